The molecule has 0 atom stereocenters. The monoisotopic (exact) mass is 334 g/mol. The molecule has 0 N–H and O–H groups in total. The minimum absolute atomic E-state index is 0.103. The van der Waals surface area contributed by atoms with Gasteiger partial charge >= 0.3 is 7.12 Å². The van der Waals surface area contributed by atoms with Crippen LogP contribution in [-0.2, 0) is 20.6 Å². The van der Waals surface area contributed by atoms with Crippen molar-refractivity contribution in [2.75, 3.05) is 33.2 Å². The van der Waals surface area contributed by atoms with Gasteiger partial charge < -0.3 is 19.1 Å². The lowest BCUT2D eigenvalue weighted by molar-refractivity contribution is -0.133. The van der Waals surface area contributed by atoms with Gasteiger partial charge in [-0.25, -0.2) is 0 Å². The van der Waals surface area contributed by atoms with E-state index in [9.17, 15) is 4.79 Å². The summed E-state index contributed by atoms with van der Waals surface area (Å²) in [6.45, 7) is 11.7. The first-order valence-corrected chi connectivity index (χ1v) is 8.52. The average molecular weight is 334 g/mol. The maximum Gasteiger partial charge on any atom is 0.498 e. The molecule has 2 aliphatic heterocycles. The molecule has 7 nitrogen and oxygen atoms in total. The lowest BCUT2D eigenvalue weighted by atomic mass is 9.82. The van der Waals surface area contributed by atoms with Crippen LogP contribution in [-0.4, -0.2) is 77.0 Å². The Bertz CT molecular complexity index is 592. The maximum absolute atomic E-state index is 12.4. The van der Waals surface area contributed by atoms with Crippen molar-refractivity contribution in [3.63, 3.8) is 0 Å². The van der Waals surface area contributed by atoms with E-state index in [1.807, 2.05) is 38.8 Å². The number of rotatable bonds is 3. The molecule has 0 spiro atoms. The third-order valence-electron chi connectivity index (χ3n) is 5.33. The maximum atomic E-state index is 12.4. The fourth-order valence-corrected chi connectivity index (χ4v) is 2.86. The second-order valence-corrected chi connectivity index (χ2v) is 7.74. The van der Waals surface area contributed by atoms with Crippen molar-refractivity contribution >= 4 is 18.5 Å². The van der Waals surface area contributed by atoms with Crippen LogP contribution in [0.25, 0.3) is 0 Å². The topological polar surface area (TPSA) is 59.8 Å². The van der Waals surface area contributed by atoms with E-state index in [2.05, 4.69) is 17.0 Å². The molecule has 132 valence electrons. The normalized spacial score (nSPS) is 23.7. The minimum atomic E-state index is -0.442. The molecule has 2 fully saturated rings. The predicted octanol–water partition coefficient (Wildman–Crippen LogP) is -0.0437. The summed E-state index contributed by atoms with van der Waals surface area (Å²) in [6, 6.07) is 0. The minimum Gasteiger partial charge on any atom is -0.399 e. The average Bonchev–Trinajstić information content (AvgIpc) is 3.02. The molecule has 8 heteroatoms. The van der Waals surface area contributed by atoms with Gasteiger partial charge in [-0.2, -0.15) is 5.10 Å². The summed E-state index contributed by atoms with van der Waals surface area (Å²) in [4.78, 5) is 16.5. The summed E-state index contributed by atoms with van der Waals surface area (Å²) in [6.07, 6.45) is 3.57. The van der Waals surface area contributed by atoms with Crippen LogP contribution in [0.15, 0.2) is 12.4 Å². The van der Waals surface area contributed by atoms with E-state index in [-0.39, 0.29) is 23.7 Å². The molecule has 1 amide bonds. The van der Waals surface area contributed by atoms with Crippen molar-refractivity contribution in [2.24, 2.45) is 0 Å². The number of likely N-dealkylation sites (N-methyl/N-ethyl adjacent to an activating group) is 1. The highest BCUT2D eigenvalue weighted by molar-refractivity contribution is 6.62. The van der Waals surface area contributed by atoms with Gasteiger partial charge in [-0.15, -0.1) is 0 Å². The summed E-state index contributed by atoms with van der Waals surface area (Å²) in [5, 5.41) is 4.30. The second kappa shape index (κ2) is 6.17. The standard InChI is InChI=1S/C16H27BN4O3/c1-15(2)16(3,4)24-17(23-15)13-10-18-21(11-13)12-14(22)20-8-6-19(5)7-9-20/h10-11H,6-9,12H2,1-5H3. The molecule has 0 aromatic carbocycles. The van der Waals surface area contributed by atoms with Crippen LogP contribution in [0.5, 0.6) is 0 Å². The van der Waals surface area contributed by atoms with Crippen molar-refractivity contribution in [2.45, 2.75) is 45.4 Å². The molecular weight excluding hydrogens is 307 g/mol. The predicted molar refractivity (Wildman–Crippen MR) is 92.0 cm³/mol. The summed E-state index contributed by atoms with van der Waals surface area (Å²) < 4.78 is 13.7. The molecule has 2 aliphatic rings. The Labute approximate surface area is 144 Å². The third kappa shape index (κ3) is 3.36. The van der Waals surface area contributed by atoms with Gasteiger partial charge in [-0.1, -0.05) is 0 Å². The summed E-state index contributed by atoms with van der Waals surface area (Å²) in [5.41, 5.74) is 0.0880. The SMILES string of the molecule is CN1CCN(C(=O)Cn2cc(B3OC(C)(C)C(C)(C)O3)cn2)CC1. The lowest BCUT2D eigenvalue weighted by Gasteiger charge is -2.32. The molecule has 1 aromatic rings. The van der Waals surface area contributed by atoms with E-state index in [0.29, 0.717) is 0 Å². The Balaban J connectivity index is 1.61. The molecule has 0 aliphatic carbocycles. The van der Waals surface area contributed by atoms with E-state index in [4.69, 9.17) is 9.31 Å². The van der Waals surface area contributed by atoms with Crippen molar-refractivity contribution in [3.8, 4) is 0 Å². The van der Waals surface area contributed by atoms with Gasteiger partial charge in [0.15, 0.2) is 0 Å². The summed E-state index contributed by atoms with van der Waals surface area (Å²) in [5.74, 6) is 0.103. The Morgan fingerprint density at radius 1 is 1.17 bits per heavy atom. The van der Waals surface area contributed by atoms with Crippen molar-refractivity contribution in [1.82, 2.24) is 19.6 Å². The number of hydrogen-bond acceptors (Lipinski definition) is 5. The van der Waals surface area contributed by atoms with E-state index >= 15 is 0 Å². The van der Waals surface area contributed by atoms with Crippen LogP contribution in [0.4, 0.5) is 0 Å². The van der Waals surface area contributed by atoms with E-state index in [1.165, 1.54) is 0 Å². The van der Waals surface area contributed by atoms with E-state index in [0.717, 1.165) is 31.6 Å². The number of carbonyl (C=O) groups is 1. The molecule has 1 aromatic heterocycles. The largest absolute Gasteiger partial charge is 0.498 e. The first-order valence-electron chi connectivity index (χ1n) is 8.52. The first kappa shape index (κ1) is 17.4. The van der Waals surface area contributed by atoms with Crippen LogP contribution < -0.4 is 5.46 Å². The quantitative estimate of drug-likeness (QED) is 0.726. The highest BCUT2D eigenvalue weighted by Gasteiger charge is 2.52. The highest BCUT2D eigenvalue weighted by Crippen LogP contribution is 2.36. The van der Waals surface area contributed by atoms with Crippen LogP contribution in [0.2, 0.25) is 0 Å². The van der Waals surface area contributed by atoms with Gasteiger partial charge in [0.1, 0.15) is 6.54 Å². The number of carbonyl (C=O) groups excluding carboxylic acids is 1. The fourth-order valence-electron chi connectivity index (χ4n) is 2.86. The zero-order chi connectivity index (χ0) is 17.5. The van der Waals surface area contributed by atoms with Crippen molar-refractivity contribution < 1.29 is 14.1 Å². The van der Waals surface area contributed by atoms with Gasteiger partial charge in [0.25, 0.3) is 0 Å². The molecule has 3 heterocycles. The van der Waals surface area contributed by atoms with Gasteiger partial charge in [-0.05, 0) is 34.7 Å². The molecule has 0 bridgehead atoms. The molecule has 0 radical (unpaired) electrons. The molecule has 0 unspecified atom stereocenters. The summed E-state index contributed by atoms with van der Waals surface area (Å²) in [7, 11) is 1.63. The van der Waals surface area contributed by atoms with Crippen molar-refractivity contribution in [1.29, 1.82) is 0 Å². The summed E-state index contributed by atoms with van der Waals surface area (Å²) >= 11 is 0. The highest BCUT2D eigenvalue weighted by atomic mass is 16.7. The number of amides is 1. The number of hydrogen-bond donors (Lipinski definition) is 0. The van der Waals surface area contributed by atoms with Crippen LogP contribution in [0, 0.1) is 0 Å². The molecule has 0 saturated carbocycles. The van der Waals surface area contributed by atoms with Crippen LogP contribution in [0.3, 0.4) is 0 Å². The Morgan fingerprint density at radius 3 is 2.33 bits per heavy atom. The number of aromatic nitrogens is 2. The zero-order valence-electron chi connectivity index (χ0n) is 15.3. The number of nitrogens with zero attached hydrogens (tertiary/aromatic N) is 4. The first-order chi connectivity index (χ1) is 11.2. The molecule has 3 rings (SSSR count). The van der Waals surface area contributed by atoms with Crippen LogP contribution in [0.1, 0.15) is 27.7 Å². The van der Waals surface area contributed by atoms with Crippen molar-refractivity contribution in [3.05, 3.63) is 12.4 Å². The Hall–Kier alpha value is -1.38. The van der Waals surface area contributed by atoms with Gasteiger partial charge in [0.05, 0.1) is 11.2 Å². The molecular formula is C16H27BN4O3. The van der Waals surface area contributed by atoms with Crippen LogP contribution >= 0.6 is 0 Å². The Kier molecular flexibility index (Phi) is 4.48. The van der Waals surface area contributed by atoms with Gasteiger partial charge in [-0.3, -0.25) is 9.48 Å². The van der Waals surface area contributed by atoms with Gasteiger partial charge in [0.2, 0.25) is 5.91 Å². The van der Waals surface area contributed by atoms with Gasteiger partial charge in [0, 0.05) is 44.0 Å². The molecule has 24 heavy (non-hydrogen) atoms. The fraction of sp³-hybridized carbons (Fsp3) is 0.750. The third-order valence-corrected chi connectivity index (χ3v) is 5.33. The number of piperazine rings is 1. The lowest BCUT2D eigenvalue weighted by Crippen LogP contribution is -2.48. The Morgan fingerprint density at radius 2 is 1.75 bits per heavy atom. The smallest absolute Gasteiger partial charge is 0.399 e. The van der Waals surface area contributed by atoms with E-state index in [1.54, 1.807) is 10.9 Å². The van der Waals surface area contributed by atoms with E-state index < -0.39 is 7.12 Å². The second-order valence-electron chi connectivity index (χ2n) is 7.74. The molecule has 2 saturated heterocycles. The zero-order valence-corrected chi connectivity index (χ0v) is 15.3.